The molecule has 0 saturated heterocycles. The maximum absolute atomic E-state index is 11.9. The lowest BCUT2D eigenvalue weighted by Gasteiger charge is -2.12. The van der Waals surface area contributed by atoms with Crippen LogP contribution in [0.25, 0.3) is 0 Å². The topological polar surface area (TPSA) is 79.3 Å². The van der Waals surface area contributed by atoms with Crippen molar-refractivity contribution in [3.05, 3.63) is 60.3 Å². The summed E-state index contributed by atoms with van der Waals surface area (Å²) in [6, 6.07) is 13.8. The van der Waals surface area contributed by atoms with Crippen molar-refractivity contribution < 1.29 is 14.7 Å². The molecule has 1 unspecified atom stereocenters. The largest absolute Gasteiger partial charge is 0.481 e. The number of aromatic nitrogens is 1. The first-order chi connectivity index (χ1) is 9.66. The summed E-state index contributed by atoms with van der Waals surface area (Å²) in [5.74, 6) is -1.85. The number of carbonyl (C=O) groups is 2. The Balaban J connectivity index is 2.06. The van der Waals surface area contributed by atoms with Crippen LogP contribution in [0.4, 0.5) is 5.82 Å². The van der Waals surface area contributed by atoms with Crippen molar-refractivity contribution in [1.29, 1.82) is 0 Å². The summed E-state index contributed by atoms with van der Waals surface area (Å²) in [6.07, 6.45) is 1.43. The average Bonchev–Trinajstić information content (AvgIpc) is 2.46. The Hall–Kier alpha value is -2.69. The lowest BCUT2D eigenvalue weighted by Crippen LogP contribution is -2.21. The van der Waals surface area contributed by atoms with E-state index in [2.05, 4.69) is 10.3 Å². The van der Waals surface area contributed by atoms with Crippen LogP contribution in [0, 0.1) is 0 Å². The number of hydrogen-bond acceptors (Lipinski definition) is 3. The monoisotopic (exact) mass is 270 g/mol. The van der Waals surface area contributed by atoms with E-state index in [1.807, 2.05) is 0 Å². The molecule has 0 aliphatic carbocycles. The normalized spacial score (nSPS) is 11.6. The van der Waals surface area contributed by atoms with Gasteiger partial charge in [-0.2, -0.15) is 0 Å². The molecule has 0 bridgehead atoms. The van der Waals surface area contributed by atoms with E-state index >= 15 is 0 Å². The number of nitrogens with one attached hydrogen (secondary N) is 1. The van der Waals surface area contributed by atoms with Crippen LogP contribution in [0.1, 0.15) is 17.9 Å². The number of aliphatic carboxylic acids is 1. The molecule has 1 atom stereocenters. The summed E-state index contributed by atoms with van der Waals surface area (Å²) in [6.45, 7) is 0. The van der Waals surface area contributed by atoms with Crippen molar-refractivity contribution >= 4 is 17.7 Å². The smallest absolute Gasteiger partial charge is 0.311 e. The van der Waals surface area contributed by atoms with E-state index in [4.69, 9.17) is 0 Å². The van der Waals surface area contributed by atoms with Gasteiger partial charge in [0.1, 0.15) is 5.82 Å². The molecule has 0 aliphatic heterocycles. The van der Waals surface area contributed by atoms with E-state index < -0.39 is 11.9 Å². The van der Waals surface area contributed by atoms with Crippen LogP contribution < -0.4 is 5.32 Å². The van der Waals surface area contributed by atoms with Crippen molar-refractivity contribution in [3.8, 4) is 0 Å². The van der Waals surface area contributed by atoms with Crippen molar-refractivity contribution in [2.75, 3.05) is 5.32 Å². The Morgan fingerprint density at radius 3 is 2.40 bits per heavy atom. The zero-order valence-corrected chi connectivity index (χ0v) is 10.7. The number of rotatable bonds is 5. The number of hydrogen-bond donors (Lipinski definition) is 2. The quantitative estimate of drug-likeness (QED) is 0.873. The summed E-state index contributed by atoms with van der Waals surface area (Å²) in [5, 5.41) is 11.8. The second-order valence-corrected chi connectivity index (χ2v) is 4.27. The Morgan fingerprint density at radius 2 is 1.80 bits per heavy atom. The molecule has 0 saturated carbocycles. The molecule has 0 spiro atoms. The summed E-state index contributed by atoms with van der Waals surface area (Å²) >= 11 is 0. The molecule has 1 aromatic heterocycles. The number of benzene rings is 1. The van der Waals surface area contributed by atoms with Crippen molar-refractivity contribution in [2.45, 2.75) is 12.3 Å². The van der Waals surface area contributed by atoms with Crippen LogP contribution >= 0.6 is 0 Å². The highest BCUT2D eigenvalue weighted by atomic mass is 16.4. The molecule has 5 nitrogen and oxygen atoms in total. The van der Waals surface area contributed by atoms with Gasteiger partial charge in [-0.15, -0.1) is 0 Å². The minimum atomic E-state index is -1.02. The van der Waals surface area contributed by atoms with Gasteiger partial charge in [-0.25, -0.2) is 4.98 Å². The van der Waals surface area contributed by atoms with E-state index in [0.717, 1.165) is 0 Å². The molecule has 1 amide bonds. The minimum Gasteiger partial charge on any atom is -0.481 e. The summed E-state index contributed by atoms with van der Waals surface area (Å²) < 4.78 is 0. The van der Waals surface area contributed by atoms with Gasteiger partial charge >= 0.3 is 5.97 Å². The first kappa shape index (κ1) is 13.7. The third-order valence-corrected chi connectivity index (χ3v) is 2.82. The summed E-state index contributed by atoms with van der Waals surface area (Å²) in [4.78, 5) is 27.1. The number of carbonyl (C=O) groups excluding carboxylic acids is 1. The van der Waals surface area contributed by atoms with E-state index in [0.29, 0.717) is 11.4 Å². The van der Waals surface area contributed by atoms with Gasteiger partial charge in [0.25, 0.3) is 0 Å². The number of pyridine rings is 1. The second kappa shape index (κ2) is 6.47. The highest BCUT2D eigenvalue weighted by Gasteiger charge is 2.23. The number of anilines is 1. The van der Waals surface area contributed by atoms with E-state index in [-0.39, 0.29) is 12.3 Å². The molecule has 2 rings (SSSR count). The lowest BCUT2D eigenvalue weighted by molar-refractivity contribution is -0.140. The number of amides is 1. The maximum atomic E-state index is 11.9. The van der Waals surface area contributed by atoms with Gasteiger partial charge in [-0.05, 0) is 17.7 Å². The number of carboxylic acid groups (broad SMARTS) is 1. The summed E-state index contributed by atoms with van der Waals surface area (Å²) in [7, 11) is 0. The molecule has 0 aliphatic rings. The molecular weight excluding hydrogens is 256 g/mol. The Labute approximate surface area is 116 Å². The van der Waals surface area contributed by atoms with Crippen LogP contribution in [-0.4, -0.2) is 22.0 Å². The second-order valence-electron chi connectivity index (χ2n) is 4.27. The first-order valence-electron chi connectivity index (χ1n) is 6.15. The first-order valence-corrected chi connectivity index (χ1v) is 6.15. The Morgan fingerprint density at radius 1 is 1.10 bits per heavy atom. The van der Waals surface area contributed by atoms with E-state index in [1.54, 1.807) is 54.7 Å². The minimum absolute atomic E-state index is 0.129. The van der Waals surface area contributed by atoms with Gasteiger partial charge in [0.2, 0.25) is 5.91 Å². The van der Waals surface area contributed by atoms with Gasteiger partial charge in [0.15, 0.2) is 0 Å². The van der Waals surface area contributed by atoms with Gasteiger partial charge in [0.05, 0.1) is 5.92 Å². The van der Waals surface area contributed by atoms with Gasteiger partial charge in [0, 0.05) is 12.6 Å². The van der Waals surface area contributed by atoms with Gasteiger partial charge in [-0.3, -0.25) is 9.59 Å². The molecule has 20 heavy (non-hydrogen) atoms. The highest BCUT2D eigenvalue weighted by molar-refractivity contribution is 5.93. The third-order valence-electron chi connectivity index (χ3n) is 2.82. The molecule has 0 radical (unpaired) electrons. The Bertz CT molecular complexity index is 585. The van der Waals surface area contributed by atoms with Crippen molar-refractivity contribution in [2.24, 2.45) is 0 Å². The fourth-order valence-electron chi connectivity index (χ4n) is 1.85. The SMILES string of the molecule is O=C(CC(C(=O)O)c1ccccc1)Nc1ccccn1. The van der Waals surface area contributed by atoms with Gasteiger partial charge < -0.3 is 10.4 Å². The van der Waals surface area contributed by atoms with Crippen LogP contribution in [0.15, 0.2) is 54.7 Å². The predicted molar refractivity (Wildman–Crippen MR) is 74.3 cm³/mol. The molecular formula is C15H14N2O3. The van der Waals surface area contributed by atoms with Crippen LogP contribution in [-0.2, 0) is 9.59 Å². The van der Waals surface area contributed by atoms with Crippen LogP contribution in [0.3, 0.4) is 0 Å². The standard InChI is InChI=1S/C15H14N2O3/c18-14(17-13-8-4-5-9-16-13)10-12(15(19)20)11-6-2-1-3-7-11/h1-9,12H,10H2,(H,19,20)(H,16,17,18). The number of nitrogens with zero attached hydrogens (tertiary/aromatic N) is 1. The molecule has 0 fully saturated rings. The van der Waals surface area contributed by atoms with E-state index in [9.17, 15) is 14.7 Å². The zero-order valence-electron chi connectivity index (χ0n) is 10.7. The van der Waals surface area contributed by atoms with Crippen molar-refractivity contribution in [3.63, 3.8) is 0 Å². The van der Waals surface area contributed by atoms with Gasteiger partial charge in [-0.1, -0.05) is 36.4 Å². The fraction of sp³-hybridized carbons (Fsp3) is 0.133. The summed E-state index contributed by atoms with van der Waals surface area (Å²) in [5.41, 5.74) is 0.608. The lowest BCUT2D eigenvalue weighted by atomic mass is 9.95. The predicted octanol–water partition coefficient (Wildman–Crippen LogP) is 2.28. The highest BCUT2D eigenvalue weighted by Crippen LogP contribution is 2.20. The average molecular weight is 270 g/mol. The van der Waals surface area contributed by atoms with E-state index in [1.165, 1.54) is 0 Å². The molecule has 2 aromatic rings. The Kier molecular flexibility index (Phi) is 4.44. The fourth-order valence-corrected chi connectivity index (χ4v) is 1.85. The maximum Gasteiger partial charge on any atom is 0.311 e. The van der Waals surface area contributed by atoms with Crippen LogP contribution in [0.5, 0.6) is 0 Å². The molecule has 1 aromatic carbocycles. The molecule has 2 N–H and O–H groups in total. The zero-order chi connectivity index (χ0) is 14.4. The molecule has 102 valence electrons. The number of carboxylic acids is 1. The van der Waals surface area contributed by atoms with Crippen molar-refractivity contribution in [1.82, 2.24) is 4.98 Å². The molecule has 1 heterocycles. The molecule has 5 heteroatoms. The third kappa shape index (κ3) is 3.65. The van der Waals surface area contributed by atoms with Crippen LogP contribution in [0.2, 0.25) is 0 Å².